The molecule has 0 bridgehead atoms. The van der Waals surface area contributed by atoms with Crippen LogP contribution in [-0.2, 0) is 11.2 Å². The van der Waals surface area contributed by atoms with E-state index < -0.39 is 11.8 Å². The molecule has 0 amide bonds. The van der Waals surface area contributed by atoms with Crippen molar-refractivity contribution in [1.29, 1.82) is 0 Å². The quantitative estimate of drug-likeness (QED) is 0.480. The molecule has 0 fully saturated rings. The lowest BCUT2D eigenvalue weighted by Gasteiger charge is -2.06. The molecular weight excluding hydrogens is 281 g/mol. The number of hydrogen-bond acceptors (Lipinski definition) is 3. The zero-order chi connectivity index (χ0) is 14.4. The van der Waals surface area contributed by atoms with E-state index in [-0.39, 0.29) is 17.3 Å². The van der Waals surface area contributed by atoms with E-state index in [0.29, 0.717) is 6.42 Å². The maximum Gasteiger partial charge on any atom is 0.341 e. The van der Waals surface area contributed by atoms with Crippen molar-refractivity contribution in [2.45, 2.75) is 12.8 Å². The molecule has 0 atom stereocenters. The van der Waals surface area contributed by atoms with E-state index in [1.54, 1.807) is 0 Å². The Labute approximate surface area is 121 Å². The van der Waals surface area contributed by atoms with Gasteiger partial charge in [0, 0.05) is 0 Å². The van der Waals surface area contributed by atoms with E-state index in [0.717, 1.165) is 18.7 Å². The summed E-state index contributed by atoms with van der Waals surface area (Å²) in [5.74, 6) is -1.28. The molecule has 0 aliphatic rings. The monoisotopic (exact) mass is 293 g/mol. The van der Waals surface area contributed by atoms with Gasteiger partial charge in [-0.3, -0.25) is 0 Å². The van der Waals surface area contributed by atoms with Crippen LogP contribution in [0, 0.1) is 5.82 Å². The zero-order valence-corrected chi connectivity index (χ0v) is 11.4. The molecule has 0 N–H and O–H groups in total. The number of aromatic nitrogens is 1. The first-order valence-corrected chi connectivity index (χ1v) is 6.56. The van der Waals surface area contributed by atoms with Crippen LogP contribution in [0.1, 0.15) is 22.3 Å². The Morgan fingerprint density at radius 3 is 2.80 bits per heavy atom. The summed E-state index contributed by atoms with van der Waals surface area (Å²) in [7, 11) is 0. The molecule has 20 heavy (non-hydrogen) atoms. The number of ether oxygens (including phenoxy) is 1. The van der Waals surface area contributed by atoms with Crippen LogP contribution in [0.15, 0.2) is 42.6 Å². The molecule has 1 aromatic heterocycles. The van der Waals surface area contributed by atoms with Crippen LogP contribution in [0.4, 0.5) is 4.39 Å². The Kier molecular flexibility index (Phi) is 5.07. The largest absolute Gasteiger partial charge is 0.462 e. The summed E-state index contributed by atoms with van der Waals surface area (Å²) in [4.78, 5) is 15.3. The Balaban J connectivity index is 1.82. The first-order chi connectivity index (χ1) is 9.66. The predicted molar refractivity (Wildman–Crippen MR) is 74.3 cm³/mol. The van der Waals surface area contributed by atoms with Crippen LogP contribution in [0.5, 0.6) is 0 Å². The highest BCUT2D eigenvalue weighted by atomic mass is 35.5. The summed E-state index contributed by atoms with van der Waals surface area (Å²) in [5, 5.41) is -0.0561. The minimum atomic E-state index is -0.657. The van der Waals surface area contributed by atoms with E-state index in [1.807, 2.05) is 30.3 Å². The van der Waals surface area contributed by atoms with Crippen molar-refractivity contribution in [1.82, 2.24) is 4.98 Å². The van der Waals surface area contributed by atoms with Crippen LogP contribution in [0.3, 0.4) is 0 Å². The molecule has 0 aliphatic carbocycles. The molecule has 1 aromatic carbocycles. The fraction of sp³-hybridized carbons (Fsp3) is 0.200. The van der Waals surface area contributed by atoms with Gasteiger partial charge in [-0.2, -0.15) is 0 Å². The van der Waals surface area contributed by atoms with Crippen LogP contribution in [0.25, 0.3) is 0 Å². The van der Waals surface area contributed by atoms with Crippen molar-refractivity contribution in [2.75, 3.05) is 6.61 Å². The van der Waals surface area contributed by atoms with Crippen molar-refractivity contribution >= 4 is 17.6 Å². The third-order valence-corrected chi connectivity index (χ3v) is 3.01. The topological polar surface area (TPSA) is 39.2 Å². The second-order valence-electron chi connectivity index (χ2n) is 4.22. The first-order valence-electron chi connectivity index (χ1n) is 6.19. The van der Waals surface area contributed by atoms with Gasteiger partial charge in [0.1, 0.15) is 11.0 Å². The molecule has 104 valence electrons. The number of esters is 1. The molecule has 0 saturated heterocycles. The molecule has 0 saturated carbocycles. The average molecular weight is 294 g/mol. The van der Waals surface area contributed by atoms with Gasteiger partial charge >= 0.3 is 5.97 Å². The van der Waals surface area contributed by atoms with Crippen molar-refractivity contribution in [2.24, 2.45) is 0 Å². The zero-order valence-electron chi connectivity index (χ0n) is 10.7. The predicted octanol–water partition coefficient (Wildman–Crippen LogP) is 3.66. The van der Waals surface area contributed by atoms with E-state index in [2.05, 4.69) is 4.98 Å². The lowest BCUT2D eigenvalue weighted by atomic mass is 10.1. The fourth-order valence-electron chi connectivity index (χ4n) is 1.73. The van der Waals surface area contributed by atoms with E-state index in [9.17, 15) is 9.18 Å². The van der Waals surface area contributed by atoms with Gasteiger partial charge in [0.05, 0.1) is 18.4 Å². The molecule has 2 aromatic rings. The van der Waals surface area contributed by atoms with Crippen LogP contribution >= 0.6 is 11.6 Å². The number of benzene rings is 1. The van der Waals surface area contributed by atoms with E-state index >= 15 is 0 Å². The molecule has 5 heteroatoms. The molecule has 0 aliphatic heterocycles. The Morgan fingerprint density at radius 2 is 2.05 bits per heavy atom. The number of nitrogens with zero attached hydrogens (tertiary/aromatic N) is 1. The summed E-state index contributed by atoms with van der Waals surface area (Å²) >= 11 is 5.72. The fourth-order valence-corrected chi connectivity index (χ4v) is 1.91. The Bertz CT molecular complexity index is 590. The minimum Gasteiger partial charge on any atom is -0.462 e. The van der Waals surface area contributed by atoms with Gasteiger partial charge in [0.15, 0.2) is 0 Å². The first kappa shape index (κ1) is 14.5. The number of hydrogen-bond donors (Lipinski definition) is 0. The van der Waals surface area contributed by atoms with Crippen molar-refractivity contribution in [3.05, 3.63) is 64.7 Å². The van der Waals surface area contributed by atoms with E-state index in [1.165, 1.54) is 5.56 Å². The Hall–Kier alpha value is -1.94. The SMILES string of the molecule is O=C(OCCCc1ccccc1)c1cc(F)cnc1Cl. The van der Waals surface area contributed by atoms with Crippen molar-refractivity contribution in [3.8, 4) is 0 Å². The maximum absolute atomic E-state index is 13.0. The molecule has 1 heterocycles. The summed E-state index contributed by atoms with van der Waals surface area (Å²) in [5.41, 5.74) is 1.13. The van der Waals surface area contributed by atoms with Crippen LogP contribution < -0.4 is 0 Å². The molecule has 3 nitrogen and oxygen atoms in total. The number of rotatable bonds is 5. The third kappa shape index (κ3) is 4.03. The summed E-state index contributed by atoms with van der Waals surface area (Å²) in [6.45, 7) is 0.251. The number of carbonyl (C=O) groups excluding carboxylic acids is 1. The van der Waals surface area contributed by atoms with Gasteiger partial charge in [-0.25, -0.2) is 14.2 Å². The smallest absolute Gasteiger partial charge is 0.341 e. The molecular formula is C15H13ClFNO2. The number of aryl methyl sites for hydroxylation is 1. The van der Waals surface area contributed by atoms with Crippen LogP contribution in [-0.4, -0.2) is 17.6 Å². The van der Waals surface area contributed by atoms with Gasteiger partial charge in [-0.15, -0.1) is 0 Å². The standard InChI is InChI=1S/C15H13ClFNO2/c16-14-13(9-12(17)10-18-14)15(19)20-8-4-7-11-5-2-1-3-6-11/h1-3,5-6,9-10H,4,7-8H2. The summed E-state index contributed by atoms with van der Waals surface area (Å²) < 4.78 is 18.0. The minimum absolute atomic E-state index is 0.0497. The average Bonchev–Trinajstić information content (AvgIpc) is 2.47. The van der Waals surface area contributed by atoms with Gasteiger partial charge < -0.3 is 4.74 Å². The van der Waals surface area contributed by atoms with Crippen molar-refractivity contribution < 1.29 is 13.9 Å². The molecule has 0 spiro atoms. The maximum atomic E-state index is 13.0. The lowest BCUT2D eigenvalue weighted by molar-refractivity contribution is 0.0499. The van der Waals surface area contributed by atoms with Gasteiger partial charge in [-0.1, -0.05) is 41.9 Å². The number of carbonyl (C=O) groups is 1. The Morgan fingerprint density at radius 1 is 1.30 bits per heavy atom. The number of pyridine rings is 1. The third-order valence-electron chi connectivity index (χ3n) is 2.71. The van der Waals surface area contributed by atoms with E-state index in [4.69, 9.17) is 16.3 Å². The summed E-state index contributed by atoms with van der Waals surface area (Å²) in [6.07, 6.45) is 2.45. The highest BCUT2D eigenvalue weighted by molar-refractivity contribution is 6.32. The van der Waals surface area contributed by atoms with Gasteiger partial charge in [-0.05, 0) is 24.5 Å². The molecule has 2 rings (SSSR count). The van der Waals surface area contributed by atoms with Gasteiger partial charge in [0.2, 0.25) is 0 Å². The lowest BCUT2D eigenvalue weighted by Crippen LogP contribution is -2.09. The highest BCUT2D eigenvalue weighted by Gasteiger charge is 2.13. The van der Waals surface area contributed by atoms with Gasteiger partial charge in [0.25, 0.3) is 0 Å². The van der Waals surface area contributed by atoms with Crippen LogP contribution in [0.2, 0.25) is 5.15 Å². The second-order valence-corrected chi connectivity index (χ2v) is 4.57. The number of halogens is 2. The normalized spacial score (nSPS) is 10.3. The molecule has 0 unspecified atom stereocenters. The molecule has 0 radical (unpaired) electrons. The second kappa shape index (κ2) is 7.01. The van der Waals surface area contributed by atoms with Crippen molar-refractivity contribution in [3.63, 3.8) is 0 Å². The summed E-state index contributed by atoms with van der Waals surface area (Å²) in [6, 6.07) is 10.9. The highest BCUT2D eigenvalue weighted by Crippen LogP contribution is 2.15.